The molecule has 3 rings (SSSR count). The molecule has 0 saturated carbocycles. The lowest BCUT2D eigenvalue weighted by molar-refractivity contribution is 0.345. The van der Waals surface area contributed by atoms with Crippen LogP contribution in [0.3, 0.4) is 0 Å². The number of piperidine rings is 1. The fourth-order valence-electron chi connectivity index (χ4n) is 2.96. The zero-order chi connectivity index (χ0) is 11.7. The number of hydrogen-bond acceptors (Lipinski definition) is 3. The van der Waals surface area contributed by atoms with E-state index in [1.165, 1.54) is 30.4 Å². The van der Waals surface area contributed by atoms with Gasteiger partial charge in [-0.2, -0.15) is 0 Å². The lowest BCUT2D eigenvalue weighted by Crippen LogP contribution is -2.39. The minimum absolute atomic E-state index is 0.526. The summed E-state index contributed by atoms with van der Waals surface area (Å²) in [6.45, 7) is 1.13. The van der Waals surface area contributed by atoms with Crippen molar-refractivity contribution in [1.82, 2.24) is 10.3 Å². The van der Waals surface area contributed by atoms with Crippen LogP contribution < -0.4 is 10.1 Å². The van der Waals surface area contributed by atoms with Gasteiger partial charge in [0.1, 0.15) is 5.75 Å². The molecule has 1 N–H and O–H groups in total. The Labute approximate surface area is 102 Å². The monoisotopic (exact) mass is 230 g/mol. The average molecular weight is 230 g/mol. The quantitative estimate of drug-likeness (QED) is 0.846. The number of nitrogens with zero attached hydrogens (tertiary/aromatic N) is 1. The van der Waals surface area contributed by atoms with Crippen molar-refractivity contribution in [3.63, 3.8) is 0 Å². The number of nitrogens with one attached hydrogen (secondary N) is 1. The topological polar surface area (TPSA) is 34.1 Å². The lowest BCUT2D eigenvalue weighted by atomic mass is 9.89. The predicted octanol–water partition coefficient (Wildman–Crippen LogP) is 2.25. The van der Waals surface area contributed by atoms with E-state index in [4.69, 9.17) is 4.74 Å². The van der Waals surface area contributed by atoms with Crippen molar-refractivity contribution < 1.29 is 4.74 Å². The number of hydrogen-bond donors (Lipinski definition) is 1. The molecule has 0 spiro atoms. The molecule has 1 saturated heterocycles. The molecule has 2 atom stereocenters. The Bertz CT molecular complexity index is 442. The molecule has 0 radical (unpaired) electrons. The van der Waals surface area contributed by atoms with E-state index in [2.05, 4.69) is 22.4 Å². The van der Waals surface area contributed by atoms with Gasteiger partial charge in [-0.15, -0.1) is 0 Å². The predicted molar refractivity (Wildman–Crippen MR) is 67.9 cm³/mol. The normalized spacial score (nSPS) is 27.5. The SMILES string of the molecule is COc1cncc(C2=CC[C@H]3CCCN[C@@H]23)c1. The molecule has 0 bridgehead atoms. The van der Waals surface area contributed by atoms with Gasteiger partial charge in [-0.1, -0.05) is 6.08 Å². The Morgan fingerprint density at radius 1 is 1.41 bits per heavy atom. The molecule has 1 aliphatic heterocycles. The van der Waals surface area contributed by atoms with Crippen molar-refractivity contribution >= 4 is 5.57 Å². The molecule has 90 valence electrons. The second-order valence-electron chi connectivity index (χ2n) is 4.84. The summed E-state index contributed by atoms with van der Waals surface area (Å²) in [6.07, 6.45) is 9.90. The molecule has 0 aromatic carbocycles. The van der Waals surface area contributed by atoms with Gasteiger partial charge in [0.25, 0.3) is 0 Å². The molecular weight excluding hydrogens is 212 g/mol. The zero-order valence-electron chi connectivity index (χ0n) is 10.1. The largest absolute Gasteiger partial charge is 0.495 e. The number of methoxy groups -OCH3 is 1. The first-order valence-corrected chi connectivity index (χ1v) is 6.31. The number of aromatic nitrogens is 1. The highest BCUT2D eigenvalue weighted by molar-refractivity contribution is 5.72. The van der Waals surface area contributed by atoms with Crippen molar-refractivity contribution in [2.75, 3.05) is 13.7 Å². The van der Waals surface area contributed by atoms with Crippen LogP contribution in [0.4, 0.5) is 0 Å². The van der Waals surface area contributed by atoms with Crippen molar-refractivity contribution in [1.29, 1.82) is 0 Å². The molecule has 0 unspecified atom stereocenters. The Morgan fingerprint density at radius 2 is 2.35 bits per heavy atom. The first kappa shape index (κ1) is 10.8. The number of ether oxygens (including phenoxy) is 1. The van der Waals surface area contributed by atoms with E-state index in [-0.39, 0.29) is 0 Å². The van der Waals surface area contributed by atoms with Crippen LogP contribution in [0.2, 0.25) is 0 Å². The average Bonchev–Trinajstić information content (AvgIpc) is 2.82. The van der Waals surface area contributed by atoms with Crippen molar-refractivity contribution in [3.05, 3.63) is 30.1 Å². The van der Waals surface area contributed by atoms with E-state index in [0.29, 0.717) is 6.04 Å². The number of allylic oxidation sites excluding steroid dienone is 1. The van der Waals surface area contributed by atoms with Crippen LogP contribution in [0.25, 0.3) is 5.57 Å². The van der Waals surface area contributed by atoms with Gasteiger partial charge in [-0.3, -0.25) is 4.98 Å². The van der Waals surface area contributed by atoms with Gasteiger partial charge in [-0.05, 0) is 43.4 Å². The summed E-state index contributed by atoms with van der Waals surface area (Å²) in [5.74, 6) is 1.62. The standard InChI is InChI=1S/C14H18N2O/c1-17-12-7-11(8-15-9-12)13-5-4-10-3-2-6-16-14(10)13/h5,7-10,14,16H,2-4,6H2,1H3/t10-,14-/m1/s1. The summed E-state index contributed by atoms with van der Waals surface area (Å²) in [7, 11) is 1.69. The summed E-state index contributed by atoms with van der Waals surface area (Å²) >= 11 is 0. The lowest BCUT2D eigenvalue weighted by Gasteiger charge is -2.29. The Balaban J connectivity index is 1.88. The number of fused-ring (bicyclic) bond motifs is 1. The van der Waals surface area contributed by atoms with Crippen molar-refractivity contribution in [3.8, 4) is 5.75 Å². The summed E-state index contributed by atoms with van der Waals surface area (Å²) in [6, 6.07) is 2.61. The minimum Gasteiger partial charge on any atom is -0.495 e. The maximum atomic E-state index is 5.24. The Hall–Kier alpha value is -1.35. The van der Waals surface area contributed by atoms with E-state index >= 15 is 0 Å². The molecule has 2 aliphatic rings. The molecular formula is C14H18N2O. The summed E-state index contributed by atoms with van der Waals surface area (Å²) in [5.41, 5.74) is 2.60. The van der Waals surface area contributed by atoms with E-state index in [1.54, 1.807) is 13.3 Å². The fourth-order valence-corrected chi connectivity index (χ4v) is 2.96. The molecule has 3 nitrogen and oxygen atoms in total. The summed E-state index contributed by atoms with van der Waals surface area (Å²) in [5, 5.41) is 3.63. The van der Waals surface area contributed by atoms with Crippen LogP contribution in [0.1, 0.15) is 24.8 Å². The number of pyridine rings is 1. The third-order valence-corrected chi connectivity index (χ3v) is 3.85. The smallest absolute Gasteiger partial charge is 0.137 e. The Morgan fingerprint density at radius 3 is 3.24 bits per heavy atom. The molecule has 3 heteroatoms. The molecule has 1 aromatic heterocycles. The van der Waals surface area contributed by atoms with Gasteiger partial charge in [-0.25, -0.2) is 0 Å². The second kappa shape index (κ2) is 4.49. The van der Waals surface area contributed by atoms with Crippen molar-refractivity contribution in [2.24, 2.45) is 5.92 Å². The van der Waals surface area contributed by atoms with E-state index in [9.17, 15) is 0 Å². The highest BCUT2D eigenvalue weighted by atomic mass is 16.5. The molecule has 1 aromatic rings. The van der Waals surface area contributed by atoms with Crippen molar-refractivity contribution in [2.45, 2.75) is 25.3 Å². The van der Waals surface area contributed by atoms with Gasteiger partial charge in [0.15, 0.2) is 0 Å². The molecule has 0 amide bonds. The van der Waals surface area contributed by atoms with E-state index < -0.39 is 0 Å². The van der Waals surface area contributed by atoms with Gasteiger partial charge in [0, 0.05) is 17.8 Å². The van der Waals surface area contributed by atoms with Crippen LogP contribution in [-0.2, 0) is 0 Å². The molecule has 17 heavy (non-hydrogen) atoms. The van der Waals surface area contributed by atoms with Crippen LogP contribution in [0.15, 0.2) is 24.5 Å². The summed E-state index contributed by atoms with van der Waals surface area (Å²) in [4.78, 5) is 4.24. The molecule has 2 heterocycles. The molecule has 1 aliphatic carbocycles. The minimum atomic E-state index is 0.526. The Kier molecular flexibility index (Phi) is 2.85. The highest BCUT2D eigenvalue weighted by Crippen LogP contribution is 2.37. The first-order valence-electron chi connectivity index (χ1n) is 6.31. The molecule has 1 fully saturated rings. The van der Waals surface area contributed by atoms with Gasteiger partial charge < -0.3 is 10.1 Å². The van der Waals surface area contributed by atoms with Gasteiger partial charge in [0.2, 0.25) is 0 Å². The van der Waals surface area contributed by atoms with E-state index in [0.717, 1.165) is 18.2 Å². The van der Waals surface area contributed by atoms with Crippen LogP contribution in [0, 0.1) is 5.92 Å². The maximum absolute atomic E-state index is 5.24. The third-order valence-electron chi connectivity index (χ3n) is 3.85. The fraction of sp³-hybridized carbons (Fsp3) is 0.500. The third kappa shape index (κ3) is 1.95. The second-order valence-corrected chi connectivity index (χ2v) is 4.84. The van der Waals surface area contributed by atoms with Crippen LogP contribution in [-0.4, -0.2) is 24.7 Å². The first-order chi connectivity index (χ1) is 8.38. The zero-order valence-corrected chi connectivity index (χ0v) is 10.1. The van der Waals surface area contributed by atoms with Crippen LogP contribution in [0.5, 0.6) is 5.75 Å². The van der Waals surface area contributed by atoms with Gasteiger partial charge >= 0.3 is 0 Å². The van der Waals surface area contributed by atoms with E-state index in [1.807, 2.05) is 6.20 Å². The summed E-state index contributed by atoms with van der Waals surface area (Å²) < 4.78 is 5.24. The highest BCUT2D eigenvalue weighted by Gasteiger charge is 2.32. The maximum Gasteiger partial charge on any atom is 0.137 e. The van der Waals surface area contributed by atoms with Gasteiger partial charge in [0.05, 0.1) is 13.3 Å². The van der Waals surface area contributed by atoms with Crippen LogP contribution >= 0.6 is 0 Å². The number of rotatable bonds is 2.